The van der Waals surface area contributed by atoms with E-state index in [2.05, 4.69) is 6.58 Å². The minimum atomic E-state index is -1.67. The third kappa shape index (κ3) is 6.08. The molecule has 2 saturated heterocycles. The zero-order chi connectivity index (χ0) is 35.4. The maximum Gasteiger partial charge on any atom is 0.187 e. The van der Waals surface area contributed by atoms with E-state index < -0.39 is 80.0 Å². The number of rotatable bonds is 9. The Labute approximate surface area is 286 Å². The van der Waals surface area contributed by atoms with E-state index in [1.165, 1.54) is 14.2 Å². The van der Waals surface area contributed by atoms with Gasteiger partial charge >= 0.3 is 0 Å². The number of hydrogen-bond donors (Lipinski definition) is 6. The van der Waals surface area contributed by atoms with Crippen LogP contribution in [0.3, 0.4) is 0 Å². The van der Waals surface area contributed by atoms with Gasteiger partial charge < -0.3 is 73.3 Å². The van der Waals surface area contributed by atoms with Gasteiger partial charge in [0.05, 0.1) is 45.5 Å². The molecule has 6 N–H and O–H groups in total. The van der Waals surface area contributed by atoms with Crippen molar-refractivity contribution in [3.05, 3.63) is 53.1 Å². The number of benzene rings is 2. The summed E-state index contributed by atoms with van der Waals surface area (Å²) in [5.74, 6) is 1.67. The second-order valence-electron chi connectivity index (χ2n) is 12.9. The van der Waals surface area contributed by atoms with Gasteiger partial charge in [-0.05, 0) is 23.8 Å². The van der Waals surface area contributed by atoms with E-state index in [0.717, 1.165) is 0 Å². The fraction of sp³-hybridized carbons (Fsp3) is 0.559. The molecule has 7 rings (SSSR count). The average Bonchev–Trinajstić information content (AvgIpc) is 3.57. The van der Waals surface area contributed by atoms with Crippen molar-refractivity contribution in [2.75, 3.05) is 40.6 Å². The molecule has 16 nitrogen and oxygen atoms in total. The molecule has 5 aliphatic rings. The number of Topliss-reactive ketones (excluding diaryl/α,β-unsaturated/α-hetero) is 1. The normalized spacial score (nSPS) is 35.7. The van der Waals surface area contributed by atoms with E-state index in [4.69, 9.17) is 42.6 Å². The Bertz CT molecular complexity index is 1610. The lowest BCUT2D eigenvalue weighted by Gasteiger charge is -2.41. The van der Waals surface area contributed by atoms with Crippen LogP contribution in [0.15, 0.2) is 36.4 Å². The zero-order valence-electron chi connectivity index (χ0n) is 27.2. The van der Waals surface area contributed by atoms with Gasteiger partial charge in [0.2, 0.25) is 0 Å². The predicted octanol–water partition coefficient (Wildman–Crippen LogP) is -1.04. The predicted molar refractivity (Wildman–Crippen MR) is 167 cm³/mol. The number of fused-ring (bicyclic) bond motifs is 6. The van der Waals surface area contributed by atoms with Crippen molar-refractivity contribution in [2.24, 2.45) is 0 Å². The van der Waals surface area contributed by atoms with Crippen molar-refractivity contribution in [3.63, 3.8) is 0 Å². The number of carbonyl (C=O) groups excluding carboxylic acids is 1. The molecule has 0 spiro atoms. The van der Waals surface area contributed by atoms with Gasteiger partial charge in [-0.3, -0.25) is 4.79 Å². The van der Waals surface area contributed by atoms with Crippen LogP contribution in [-0.2, 0) is 25.4 Å². The minimum absolute atomic E-state index is 0.123. The van der Waals surface area contributed by atoms with Gasteiger partial charge in [0.1, 0.15) is 78.8 Å². The molecule has 2 fully saturated rings. The molecule has 50 heavy (non-hydrogen) atoms. The van der Waals surface area contributed by atoms with Crippen LogP contribution < -0.4 is 23.7 Å². The Morgan fingerprint density at radius 3 is 2.36 bits per heavy atom. The Morgan fingerprint density at radius 2 is 1.60 bits per heavy atom. The minimum Gasteiger partial charge on any atom is -0.493 e. The third-order valence-electron chi connectivity index (χ3n) is 9.76. The summed E-state index contributed by atoms with van der Waals surface area (Å²) in [5, 5.41) is 61.2. The van der Waals surface area contributed by atoms with Crippen LogP contribution in [0.1, 0.15) is 27.4 Å². The molecule has 12 atom stereocenters. The summed E-state index contributed by atoms with van der Waals surface area (Å²) in [5.41, 5.74) is 2.20. The van der Waals surface area contributed by atoms with Crippen LogP contribution in [0.4, 0.5) is 0 Å². The standard InChI is InChI=1S/C34H40O16/c1-13(9-45-34-31(41)29(39)28(38)24(50-34)12-47-33-30(40)27(37)17(35)10-46-33)19-7-16-18(48-19)5-4-14-26(36)25-15-6-21(42-2)22(43-3)8-20(15)44-11-23(25)49-32(14)16/h4-6,8,17,19,23-25,27-31,33-35,37-41H,1,7,9-12H2,2-3H3/t17-,19-,23+,24-,25-,27-,28+,29-,30+,31+,33-,34+/m1/s1. The van der Waals surface area contributed by atoms with Gasteiger partial charge in [-0.15, -0.1) is 0 Å². The van der Waals surface area contributed by atoms with Crippen LogP contribution in [0.25, 0.3) is 0 Å². The molecule has 0 amide bonds. The molecular weight excluding hydrogens is 664 g/mol. The number of aliphatic hydroxyl groups is 6. The lowest BCUT2D eigenvalue weighted by atomic mass is 9.81. The quantitative estimate of drug-likeness (QED) is 0.172. The first kappa shape index (κ1) is 34.9. The van der Waals surface area contributed by atoms with Crippen LogP contribution in [0, 0.1) is 0 Å². The Balaban J connectivity index is 0.993. The molecule has 5 heterocycles. The molecule has 0 aliphatic carbocycles. The summed E-state index contributed by atoms with van der Waals surface area (Å²) in [6.45, 7) is 3.35. The average molecular weight is 705 g/mol. The number of hydrogen-bond acceptors (Lipinski definition) is 16. The fourth-order valence-electron chi connectivity index (χ4n) is 6.88. The van der Waals surface area contributed by atoms with Gasteiger partial charge in [-0.2, -0.15) is 0 Å². The first-order valence-electron chi connectivity index (χ1n) is 16.2. The summed E-state index contributed by atoms with van der Waals surface area (Å²) in [7, 11) is 3.04. The molecule has 16 heteroatoms. The number of methoxy groups -OCH3 is 2. The molecule has 0 unspecified atom stereocenters. The van der Waals surface area contributed by atoms with Crippen molar-refractivity contribution in [1.82, 2.24) is 0 Å². The lowest BCUT2D eigenvalue weighted by Crippen LogP contribution is -2.60. The maximum absolute atomic E-state index is 13.9. The SMILES string of the molecule is C=C(CO[C@H]1O[C@H](CO[C@H]2OC[C@@H](O)[C@@H](O)[C@@H]2O)[C@H](O)[C@@H](O)[C@@H]1O)[C@H]1Cc2c(ccc3c2O[C@H]2COc4cc(OC)c(OC)cc4[C@H]2C3=O)O1. The van der Waals surface area contributed by atoms with Crippen LogP contribution >= 0.6 is 0 Å². The molecular formula is C34H40O16. The highest BCUT2D eigenvalue weighted by molar-refractivity contribution is 6.06. The summed E-state index contributed by atoms with van der Waals surface area (Å²) >= 11 is 0. The van der Waals surface area contributed by atoms with Crippen molar-refractivity contribution in [2.45, 2.75) is 79.9 Å². The van der Waals surface area contributed by atoms with E-state index >= 15 is 0 Å². The van der Waals surface area contributed by atoms with E-state index in [-0.39, 0.29) is 25.6 Å². The summed E-state index contributed by atoms with van der Waals surface area (Å²) < 4.78 is 51.5. The zero-order valence-corrected chi connectivity index (χ0v) is 27.2. The molecule has 0 bridgehead atoms. The summed E-state index contributed by atoms with van der Waals surface area (Å²) in [6, 6.07) is 6.82. The number of ketones is 1. The molecule has 5 aliphatic heterocycles. The van der Waals surface area contributed by atoms with E-state index in [1.54, 1.807) is 24.3 Å². The van der Waals surface area contributed by atoms with E-state index in [0.29, 0.717) is 57.4 Å². The van der Waals surface area contributed by atoms with E-state index in [9.17, 15) is 35.4 Å². The van der Waals surface area contributed by atoms with Crippen molar-refractivity contribution >= 4 is 5.78 Å². The Hall–Kier alpha value is -3.55. The molecule has 0 radical (unpaired) electrons. The largest absolute Gasteiger partial charge is 0.493 e. The molecule has 272 valence electrons. The Kier molecular flexibility index (Phi) is 9.68. The fourth-order valence-corrected chi connectivity index (χ4v) is 6.88. The number of carbonyl (C=O) groups is 1. The van der Waals surface area contributed by atoms with Gasteiger partial charge in [-0.1, -0.05) is 6.58 Å². The van der Waals surface area contributed by atoms with E-state index in [1.807, 2.05) is 0 Å². The molecule has 0 saturated carbocycles. The lowest BCUT2D eigenvalue weighted by molar-refractivity contribution is -0.319. The molecule has 0 aromatic heterocycles. The Morgan fingerprint density at radius 1 is 0.860 bits per heavy atom. The number of ether oxygens (including phenoxy) is 9. The van der Waals surface area contributed by atoms with Gasteiger partial charge in [0.15, 0.2) is 29.9 Å². The highest BCUT2D eigenvalue weighted by Gasteiger charge is 2.48. The smallest absolute Gasteiger partial charge is 0.187 e. The van der Waals surface area contributed by atoms with Gasteiger partial charge in [0, 0.05) is 23.6 Å². The van der Waals surface area contributed by atoms with Crippen LogP contribution in [0.2, 0.25) is 0 Å². The van der Waals surface area contributed by atoms with Crippen molar-refractivity contribution in [1.29, 1.82) is 0 Å². The van der Waals surface area contributed by atoms with Gasteiger partial charge in [-0.25, -0.2) is 0 Å². The van der Waals surface area contributed by atoms with Crippen LogP contribution in [-0.4, -0.2) is 145 Å². The highest BCUT2D eigenvalue weighted by Crippen LogP contribution is 2.50. The van der Waals surface area contributed by atoms with Gasteiger partial charge in [0.25, 0.3) is 0 Å². The summed E-state index contributed by atoms with van der Waals surface area (Å²) in [4.78, 5) is 13.9. The molecule has 2 aromatic rings. The maximum atomic E-state index is 13.9. The van der Waals surface area contributed by atoms with Crippen LogP contribution in [0.5, 0.6) is 28.7 Å². The van der Waals surface area contributed by atoms with Crippen molar-refractivity contribution in [3.8, 4) is 28.7 Å². The topological polar surface area (TPSA) is 222 Å². The second-order valence-corrected chi connectivity index (χ2v) is 12.9. The third-order valence-corrected chi connectivity index (χ3v) is 9.76. The summed E-state index contributed by atoms with van der Waals surface area (Å²) in [6.07, 6.45) is -14.1. The van der Waals surface area contributed by atoms with Crippen molar-refractivity contribution < 1.29 is 78.1 Å². The number of aliphatic hydroxyl groups excluding tert-OH is 6. The molecule has 2 aromatic carbocycles. The first-order valence-corrected chi connectivity index (χ1v) is 16.2. The monoisotopic (exact) mass is 704 g/mol. The first-order chi connectivity index (χ1) is 24.0. The highest BCUT2D eigenvalue weighted by atomic mass is 16.7. The second kappa shape index (κ2) is 13.9.